The smallest absolute Gasteiger partial charge is 0.237 e. The van der Waals surface area contributed by atoms with E-state index in [4.69, 9.17) is 10.3 Å². The monoisotopic (exact) mass is 281 g/mol. The lowest BCUT2D eigenvalue weighted by Crippen LogP contribution is -2.13. The van der Waals surface area contributed by atoms with Crippen molar-refractivity contribution in [3.05, 3.63) is 35.7 Å². The predicted molar refractivity (Wildman–Crippen MR) is 73.4 cm³/mol. The number of anilines is 1. The molecule has 0 aliphatic heterocycles. The van der Waals surface area contributed by atoms with E-state index >= 15 is 0 Å². The van der Waals surface area contributed by atoms with Crippen LogP contribution in [0.3, 0.4) is 0 Å². The van der Waals surface area contributed by atoms with E-state index in [1.807, 2.05) is 20.8 Å². The Morgan fingerprint density at radius 3 is 2.63 bits per heavy atom. The maximum atomic E-state index is 13.2. The van der Waals surface area contributed by atoms with Crippen molar-refractivity contribution in [2.45, 2.75) is 36.8 Å². The van der Waals surface area contributed by atoms with Gasteiger partial charge in [0.05, 0.1) is 5.75 Å². The van der Waals surface area contributed by atoms with Crippen LogP contribution in [0.15, 0.2) is 27.6 Å². The zero-order valence-corrected chi connectivity index (χ0v) is 11.9. The molecule has 0 saturated heterocycles. The summed E-state index contributed by atoms with van der Waals surface area (Å²) in [7, 11) is 0. The number of nitrogen functional groups attached to an aromatic ring is 1. The van der Waals surface area contributed by atoms with E-state index in [1.165, 1.54) is 23.9 Å². The molecule has 1 heterocycles. The summed E-state index contributed by atoms with van der Waals surface area (Å²) in [5.41, 5.74) is 5.85. The summed E-state index contributed by atoms with van der Waals surface area (Å²) in [5.74, 6) is 1.34. The Labute approximate surface area is 115 Å². The zero-order valence-electron chi connectivity index (χ0n) is 11.1. The Balaban J connectivity index is 2.04. The Morgan fingerprint density at radius 1 is 1.32 bits per heavy atom. The van der Waals surface area contributed by atoms with Gasteiger partial charge in [-0.25, -0.2) is 4.39 Å². The molecule has 0 unspecified atom stereocenters. The summed E-state index contributed by atoms with van der Waals surface area (Å²) in [6.07, 6.45) is 0. The second-order valence-corrected chi connectivity index (χ2v) is 6.32. The van der Waals surface area contributed by atoms with Gasteiger partial charge in [0.15, 0.2) is 5.82 Å². The van der Waals surface area contributed by atoms with Crippen molar-refractivity contribution < 1.29 is 8.91 Å². The fourth-order valence-electron chi connectivity index (χ4n) is 1.43. The van der Waals surface area contributed by atoms with Gasteiger partial charge in [-0.3, -0.25) is 0 Å². The van der Waals surface area contributed by atoms with Crippen LogP contribution >= 0.6 is 11.8 Å². The van der Waals surface area contributed by atoms with E-state index < -0.39 is 0 Å². The van der Waals surface area contributed by atoms with Gasteiger partial charge in [0.1, 0.15) is 5.82 Å². The van der Waals surface area contributed by atoms with Gasteiger partial charge < -0.3 is 10.3 Å². The van der Waals surface area contributed by atoms with Crippen LogP contribution in [0.25, 0.3) is 0 Å². The fraction of sp³-hybridized carbons (Fsp3) is 0.385. The molecule has 6 heteroatoms. The third kappa shape index (κ3) is 3.70. The lowest BCUT2D eigenvalue weighted by molar-refractivity contribution is 0.373. The first kappa shape index (κ1) is 13.9. The highest BCUT2D eigenvalue weighted by molar-refractivity contribution is 7.98. The van der Waals surface area contributed by atoms with Crippen LogP contribution in [0.2, 0.25) is 0 Å². The average Bonchev–Trinajstić information content (AvgIpc) is 2.73. The van der Waals surface area contributed by atoms with Crippen molar-refractivity contribution in [3.8, 4) is 0 Å². The Morgan fingerprint density at radius 2 is 2.05 bits per heavy atom. The molecule has 0 aliphatic rings. The van der Waals surface area contributed by atoms with Crippen molar-refractivity contribution in [1.29, 1.82) is 0 Å². The van der Waals surface area contributed by atoms with E-state index in [1.54, 1.807) is 6.07 Å². The third-order valence-electron chi connectivity index (χ3n) is 2.39. The third-order valence-corrected chi connectivity index (χ3v) is 3.36. The van der Waals surface area contributed by atoms with Crippen molar-refractivity contribution >= 4 is 17.4 Å². The van der Waals surface area contributed by atoms with Crippen LogP contribution in [0.4, 0.5) is 10.1 Å². The molecule has 1 aromatic carbocycles. The molecule has 0 spiro atoms. The fourth-order valence-corrected chi connectivity index (χ4v) is 2.25. The molecule has 0 fully saturated rings. The molecule has 0 atom stereocenters. The normalized spacial score (nSPS) is 11.8. The molecule has 2 aromatic rings. The molecule has 4 nitrogen and oxygen atoms in total. The van der Waals surface area contributed by atoms with Gasteiger partial charge in [-0.2, -0.15) is 4.98 Å². The first-order valence-corrected chi connectivity index (χ1v) is 6.85. The van der Waals surface area contributed by atoms with Gasteiger partial charge in [0.2, 0.25) is 5.89 Å². The molecule has 2 rings (SSSR count). The van der Waals surface area contributed by atoms with E-state index in [9.17, 15) is 4.39 Å². The lowest BCUT2D eigenvalue weighted by Gasteiger charge is -2.10. The van der Waals surface area contributed by atoms with Crippen molar-refractivity contribution in [2.75, 3.05) is 5.73 Å². The van der Waals surface area contributed by atoms with Gasteiger partial charge in [-0.1, -0.05) is 25.9 Å². The molecule has 0 saturated carbocycles. The topological polar surface area (TPSA) is 64.9 Å². The summed E-state index contributed by atoms with van der Waals surface area (Å²) in [6.45, 7) is 6.05. The number of hydrogen-bond acceptors (Lipinski definition) is 5. The Kier molecular flexibility index (Phi) is 3.80. The number of nitrogens with two attached hydrogens (primary N) is 1. The minimum absolute atomic E-state index is 0.143. The van der Waals surface area contributed by atoms with E-state index in [2.05, 4.69) is 10.1 Å². The van der Waals surface area contributed by atoms with Crippen LogP contribution in [0.1, 0.15) is 32.5 Å². The van der Waals surface area contributed by atoms with Crippen LogP contribution in [0.5, 0.6) is 0 Å². The molecule has 102 valence electrons. The van der Waals surface area contributed by atoms with Gasteiger partial charge in [0.25, 0.3) is 0 Å². The van der Waals surface area contributed by atoms with Crippen molar-refractivity contribution in [3.63, 3.8) is 0 Å². The van der Waals surface area contributed by atoms with E-state index in [0.717, 1.165) is 4.90 Å². The van der Waals surface area contributed by atoms with Crippen molar-refractivity contribution in [1.82, 2.24) is 10.1 Å². The minimum Gasteiger partial charge on any atom is -0.399 e. The molecule has 0 amide bonds. The van der Waals surface area contributed by atoms with Gasteiger partial charge in [0, 0.05) is 16.0 Å². The molecule has 0 aliphatic carbocycles. The van der Waals surface area contributed by atoms with Crippen molar-refractivity contribution in [2.24, 2.45) is 0 Å². The summed E-state index contributed by atoms with van der Waals surface area (Å²) in [5, 5.41) is 3.94. The Bertz CT molecular complexity index is 557. The number of benzene rings is 1. The lowest BCUT2D eigenvalue weighted by atomic mass is 9.96. The highest BCUT2D eigenvalue weighted by Gasteiger charge is 2.20. The molecule has 0 bridgehead atoms. The summed E-state index contributed by atoms with van der Waals surface area (Å²) in [6, 6.07) is 4.44. The SMILES string of the molecule is CC(C)(C)c1noc(CSc2cc(N)cc(F)c2)n1. The summed E-state index contributed by atoms with van der Waals surface area (Å²) in [4.78, 5) is 5.06. The largest absolute Gasteiger partial charge is 0.399 e. The molecule has 0 radical (unpaired) electrons. The number of hydrogen-bond donors (Lipinski definition) is 1. The standard InChI is InChI=1S/C13H16FN3OS/c1-13(2,3)12-16-11(18-17-12)7-19-10-5-8(14)4-9(15)6-10/h4-6H,7,15H2,1-3H3. The second-order valence-electron chi connectivity index (χ2n) is 5.27. The first-order chi connectivity index (χ1) is 8.84. The van der Waals surface area contributed by atoms with Gasteiger partial charge in [-0.05, 0) is 18.2 Å². The van der Waals surface area contributed by atoms with Gasteiger partial charge in [-0.15, -0.1) is 11.8 Å². The molecular weight excluding hydrogens is 265 g/mol. The number of nitrogens with zero attached hydrogens (tertiary/aromatic N) is 2. The summed E-state index contributed by atoms with van der Waals surface area (Å²) < 4.78 is 18.3. The molecule has 1 aromatic heterocycles. The van der Waals surface area contributed by atoms with E-state index in [0.29, 0.717) is 23.2 Å². The minimum atomic E-state index is -0.344. The number of halogens is 1. The molecular formula is C13H16FN3OS. The van der Waals surface area contributed by atoms with Crippen LogP contribution in [0, 0.1) is 5.82 Å². The average molecular weight is 281 g/mol. The maximum absolute atomic E-state index is 13.2. The summed E-state index contributed by atoms with van der Waals surface area (Å²) >= 11 is 1.41. The molecule has 19 heavy (non-hydrogen) atoms. The van der Waals surface area contributed by atoms with Crippen LogP contribution in [-0.4, -0.2) is 10.1 Å². The quantitative estimate of drug-likeness (QED) is 0.690. The highest BCUT2D eigenvalue weighted by Crippen LogP contribution is 2.26. The number of thioether (sulfide) groups is 1. The second kappa shape index (κ2) is 5.21. The zero-order chi connectivity index (χ0) is 14.0. The predicted octanol–water partition coefficient (Wildman–Crippen LogP) is 3.38. The Hall–Kier alpha value is -1.56. The highest BCUT2D eigenvalue weighted by atomic mass is 32.2. The maximum Gasteiger partial charge on any atom is 0.237 e. The first-order valence-electron chi connectivity index (χ1n) is 5.86. The van der Waals surface area contributed by atoms with Crippen LogP contribution < -0.4 is 5.73 Å². The van der Waals surface area contributed by atoms with Gasteiger partial charge >= 0.3 is 0 Å². The molecule has 2 N–H and O–H groups in total. The van der Waals surface area contributed by atoms with Crippen LogP contribution in [-0.2, 0) is 11.2 Å². The van der Waals surface area contributed by atoms with E-state index in [-0.39, 0.29) is 11.2 Å². The number of rotatable bonds is 3. The number of aromatic nitrogens is 2.